The summed E-state index contributed by atoms with van der Waals surface area (Å²) in [5.41, 5.74) is 3.91. The van der Waals surface area contributed by atoms with Gasteiger partial charge in [0.15, 0.2) is 0 Å². The van der Waals surface area contributed by atoms with Gasteiger partial charge in [0.2, 0.25) is 0 Å². The molecule has 100 valence electrons. The van der Waals surface area contributed by atoms with Gasteiger partial charge < -0.3 is 15.0 Å². The van der Waals surface area contributed by atoms with Crippen LogP contribution in [0, 0.1) is 13.8 Å². The van der Waals surface area contributed by atoms with E-state index in [1.54, 1.807) is 7.11 Å². The van der Waals surface area contributed by atoms with E-state index in [4.69, 9.17) is 4.74 Å². The molecule has 1 fully saturated rings. The van der Waals surface area contributed by atoms with Crippen molar-refractivity contribution in [3.63, 3.8) is 0 Å². The minimum Gasteiger partial charge on any atom is -0.496 e. The second kappa shape index (κ2) is 6.21. The van der Waals surface area contributed by atoms with Crippen molar-refractivity contribution in [2.24, 2.45) is 0 Å². The number of nitrogens with zero attached hydrogens (tertiary/aromatic N) is 1. The van der Waals surface area contributed by atoms with E-state index in [0.29, 0.717) is 0 Å². The SMILES string of the molecule is COc1c(C)cc(C)cc1CCN1CCNCC1. The molecule has 0 atom stereocenters. The molecule has 0 saturated carbocycles. The van der Waals surface area contributed by atoms with Gasteiger partial charge in [-0.1, -0.05) is 17.7 Å². The van der Waals surface area contributed by atoms with E-state index in [2.05, 4.69) is 36.2 Å². The molecule has 3 nitrogen and oxygen atoms in total. The Bertz CT molecular complexity index is 398. The largest absolute Gasteiger partial charge is 0.496 e. The second-order valence-electron chi connectivity index (χ2n) is 5.12. The lowest BCUT2D eigenvalue weighted by atomic mass is 10.0. The fourth-order valence-electron chi connectivity index (χ4n) is 2.73. The molecule has 1 heterocycles. The van der Waals surface area contributed by atoms with Gasteiger partial charge in [0.25, 0.3) is 0 Å². The van der Waals surface area contributed by atoms with Crippen molar-refractivity contribution in [2.75, 3.05) is 39.8 Å². The van der Waals surface area contributed by atoms with Gasteiger partial charge in [-0.05, 0) is 31.4 Å². The molecule has 3 heteroatoms. The van der Waals surface area contributed by atoms with E-state index < -0.39 is 0 Å². The number of piperazine rings is 1. The van der Waals surface area contributed by atoms with Crippen LogP contribution >= 0.6 is 0 Å². The maximum Gasteiger partial charge on any atom is 0.125 e. The fourth-order valence-corrected chi connectivity index (χ4v) is 2.73. The average Bonchev–Trinajstić information content (AvgIpc) is 2.37. The van der Waals surface area contributed by atoms with Gasteiger partial charge in [-0.25, -0.2) is 0 Å². The summed E-state index contributed by atoms with van der Waals surface area (Å²) in [5.74, 6) is 1.07. The zero-order chi connectivity index (χ0) is 13.0. The molecule has 1 aliphatic rings. The van der Waals surface area contributed by atoms with Crippen LogP contribution in [0.15, 0.2) is 12.1 Å². The van der Waals surface area contributed by atoms with Gasteiger partial charge in [-0.2, -0.15) is 0 Å². The summed E-state index contributed by atoms with van der Waals surface area (Å²) in [6.45, 7) is 9.95. The normalized spacial score (nSPS) is 16.8. The minimum atomic E-state index is 1.07. The van der Waals surface area contributed by atoms with Crippen LogP contribution in [0.2, 0.25) is 0 Å². The standard InChI is InChI=1S/C15H24N2O/c1-12-10-13(2)15(18-3)14(11-12)4-7-17-8-5-16-6-9-17/h10-11,16H,4-9H2,1-3H3. The predicted octanol–water partition coefficient (Wildman–Crippen LogP) is 1.76. The molecule has 0 unspecified atom stereocenters. The molecule has 1 aromatic carbocycles. The summed E-state index contributed by atoms with van der Waals surface area (Å²) < 4.78 is 5.54. The van der Waals surface area contributed by atoms with E-state index in [-0.39, 0.29) is 0 Å². The lowest BCUT2D eigenvalue weighted by Gasteiger charge is -2.27. The van der Waals surface area contributed by atoms with E-state index in [0.717, 1.165) is 44.9 Å². The summed E-state index contributed by atoms with van der Waals surface area (Å²) >= 11 is 0. The van der Waals surface area contributed by atoms with E-state index >= 15 is 0 Å². The van der Waals surface area contributed by atoms with Crippen LogP contribution in [0.1, 0.15) is 16.7 Å². The highest BCUT2D eigenvalue weighted by molar-refractivity contribution is 5.43. The molecule has 1 N–H and O–H groups in total. The zero-order valence-corrected chi connectivity index (χ0v) is 11.8. The van der Waals surface area contributed by atoms with Crippen LogP contribution in [0.25, 0.3) is 0 Å². The van der Waals surface area contributed by atoms with Crippen LogP contribution in [-0.4, -0.2) is 44.7 Å². The molecule has 0 radical (unpaired) electrons. The summed E-state index contributed by atoms with van der Waals surface area (Å²) in [6, 6.07) is 4.45. The van der Waals surface area contributed by atoms with E-state index in [1.165, 1.54) is 16.7 Å². The molecule has 2 rings (SSSR count). The summed E-state index contributed by atoms with van der Waals surface area (Å²) in [5, 5.41) is 3.39. The molecular weight excluding hydrogens is 224 g/mol. The number of hydrogen-bond donors (Lipinski definition) is 1. The van der Waals surface area contributed by atoms with E-state index in [9.17, 15) is 0 Å². The molecule has 0 aliphatic carbocycles. The number of rotatable bonds is 4. The number of aryl methyl sites for hydroxylation is 2. The predicted molar refractivity (Wildman–Crippen MR) is 75.5 cm³/mol. The van der Waals surface area contributed by atoms with Crippen molar-refractivity contribution in [2.45, 2.75) is 20.3 Å². The second-order valence-corrected chi connectivity index (χ2v) is 5.12. The van der Waals surface area contributed by atoms with Crippen molar-refractivity contribution >= 4 is 0 Å². The quantitative estimate of drug-likeness (QED) is 0.879. The van der Waals surface area contributed by atoms with Crippen LogP contribution in [0.4, 0.5) is 0 Å². The number of hydrogen-bond acceptors (Lipinski definition) is 3. The molecule has 18 heavy (non-hydrogen) atoms. The Hall–Kier alpha value is -1.06. The highest BCUT2D eigenvalue weighted by atomic mass is 16.5. The van der Waals surface area contributed by atoms with Crippen LogP contribution in [0.3, 0.4) is 0 Å². The van der Waals surface area contributed by atoms with Gasteiger partial charge in [0, 0.05) is 32.7 Å². The highest BCUT2D eigenvalue weighted by Gasteiger charge is 2.12. The van der Waals surface area contributed by atoms with Gasteiger partial charge in [-0.15, -0.1) is 0 Å². The first kappa shape index (κ1) is 13.4. The van der Waals surface area contributed by atoms with Crippen molar-refractivity contribution in [1.82, 2.24) is 10.2 Å². The third-order valence-corrected chi connectivity index (χ3v) is 3.61. The van der Waals surface area contributed by atoms with Crippen molar-refractivity contribution in [3.05, 3.63) is 28.8 Å². The first-order chi connectivity index (χ1) is 8.70. The number of ether oxygens (including phenoxy) is 1. The first-order valence-electron chi connectivity index (χ1n) is 6.78. The van der Waals surface area contributed by atoms with Gasteiger partial charge in [-0.3, -0.25) is 0 Å². The Morgan fingerprint density at radius 1 is 1.22 bits per heavy atom. The van der Waals surface area contributed by atoms with Gasteiger partial charge in [0.05, 0.1) is 7.11 Å². The minimum absolute atomic E-state index is 1.07. The Balaban J connectivity index is 2.03. The molecular formula is C15H24N2O. The monoisotopic (exact) mass is 248 g/mol. The lowest BCUT2D eigenvalue weighted by molar-refractivity contribution is 0.243. The molecule has 0 amide bonds. The lowest BCUT2D eigenvalue weighted by Crippen LogP contribution is -2.44. The molecule has 1 aromatic rings. The Morgan fingerprint density at radius 2 is 1.94 bits per heavy atom. The third kappa shape index (κ3) is 3.24. The highest BCUT2D eigenvalue weighted by Crippen LogP contribution is 2.25. The zero-order valence-electron chi connectivity index (χ0n) is 11.8. The Labute approximate surface area is 110 Å². The van der Waals surface area contributed by atoms with Gasteiger partial charge >= 0.3 is 0 Å². The molecule has 1 saturated heterocycles. The van der Waals surface area contributed by atoms with Crippen LogP contribution < -0.4 is 10.1 Å². The molecule has 1 aliphatic heterocycles. The number of benzene rings is 1. The molecule has 0 aromatic heterocycles. The number of nitrogens with one attached hydrogen (secondary N) is 1. The van der Waals surface area contributed by atoms with Crippen LogP contribution in [0.5, 0.6) is 5.75 Å². The van der Waals surface area contributed by atoms with E-state index in [1.807, 2.05) is 0 Å². The average molecular weight is 248 g/mol. The maximum atomic E-state index is 5.54. The summed E-state index contributed by atoms with van der Waals surface area (Å²) in [6.07, 6.45) is 1.08. The smallest absolute Gasteiger partial charge is 0.125 e. The van der Waals surface area contributed by atoms with Crippen molar-refractivity contribution in [1.29, 1.82) is 0 Å². The Morgan fingerprint density at radius 3 is 2.61 bits per heavy atom. The van der Waals surface area contributed by atoms with Crippen molar-refractivity contribution in [3.8, 4) is 5.75 Å². The third-order valence-electron chi connectivity index (χ3n) is 3.61. The van der Waals surface area contributed by atoms with Crippen molar-refractivity contribution < 1.29 is 4.74 Å². The summed E-state index contributed by atoms with van der Waals surface area (Å²) in [4.78, 5) is 2.52. The summed E-state index contributed by atoms with van der Waals surface area (Å²) in [7, 11) is 1.77. The topological polar surface area (TPSA) is 24.5 Å². The molecule has 0 spiro atoms. The fraction of sp³-hybridized carbons (Fsp3) is 0.600. The maximum absolute atomic E-state index is 5.54. The first-order valence-corrected chi connectivity index (χ1v) is 6.78. The Kier molecular flexibility index (Phi) is 4.61. The number of methoxy groups -OCH3 is 1. The van der Waals surface area contributed by atoms with Crippen LogP contribution in [-0.2, 0) is 6.42 Å². The molecule has 0 bridgehead atoms. The van der Waals surface area contributed by atoms with Gasteiger partial charge in [0.1, 0.15) is 5.75 Å².